The molecular formula is C14H12FN5O2S. The number of rotatable bonds is 5. The van der Waals surface area contributed by atoms with E-state index >= 15 is 0 Å². The Morgan fingerprint density at radius 2 is 1.96 bits per heavy atom. The second-order valence-electron chi connectivity index (χ2n) is 4.70. The molecule has 0 aliphatic carbocycles. The normalized spacial score (nSPS) is 11.3. The summed E-state index contributed by atoms with van der Waals surface area (Å²) in [5.74, 6) is -0.134. The summed E-state index contributed by atoms with van der Waals surface area (Å²) in [6.07, 6.45) is 4.51. The minimum absolute atomic E-state index is 0.132. The second kappa shape index (κ2) is 6.13. The van der Waals surface area contributed by atoms with Crippen molar-refractivity contribution in [1.29, 1.82) is 0 Å². The van der Waals surface area contributed by atoms with Gasteiger partial charge in [0.25, 0.3) is 0 Å². The third-order valence-electron chi connectivity index (χ3n) is 2.92. The maximum Gasteiger partial charge on any atom is 0.238 e. The SMILES string of the molecule is O=S(=O)(Cc1ccc(F)cc1)Nc1cc(-n2cccn2)ncn1. The highest BCUT2D eigenvalue weighted by Gasteiger charge is 2.13. The third-order valence-corrected chi connectivity index (χ3v) is 4.16. The zero-order chi connectivity index (χ0) is 16.3. The molecule has 2 heterocycles. The van der Waals surface area contributed by atoms with E-state index in [4.69, 9.17) is 0 Å². The van der Waals surface area contributed by atoms with Crippen LogP contribution in [0.15, 0.2) is 55.1 Å². The van der Waals surface area contributed by atoms with Crippen LogP contribution in [-0.4, -0.2) is 28.2 Å². The molecule has 3 aromatic rings. The molecule has 0 amide bonds. The number of benzene rings is 1. The van der Waals surface area contributed by atoms with Crippen molar-refractivity contribution in [2.75, 3.05) is 4.72 Å². The largest absolute Gasteiger partial charge is 0.267 e. The van der Waals surface area contributed by atoms with Crippen molar-refractivity contribution in [3.63, 3.8) is 0 Å². The summed E-state index contributed by atoms with van der Waals surface area (Å²) in [6, 6.07) is 8.46. The molecule has 0 radical (unpaired) electrons. The first-order chi connectivity index (χ1) is 11.0. The first kappa shape index (κ1) is 15.1. The van der Waals surface area contributed by atoms with Crippen molar-refractivity contribution >= 4 is 15.8 Å². The molecular weight excluding hydrogens is 321 g/mol. The van der Waals surface area contributed by atoms with Crippen molar-refractivity contribution in [3.8, 4) is 5.82 Å². The molecule has 0 saturated heterocycles. The lowest BCUT2D eigenvalue weighted by molar-refractivity contribution is 0.599. The van der Waals surface area contributed by atoms with Gasteiger partial charge < -0.3 is 0 Å². The smallest absolute Gasteiger partial charge is 0.238 e. The molecule has 23 heavy (non-hydrogen) atoms. The Hall–Kier alpha value is -2.81. The molecule has 0 atom stereocenters. The van der Waals surface area contributed by atoms with Crippen LogP contribution in [0, 0.1) is 5.82 Å². The fourth-order valence-electron chi connectivity index (χ4n) is 1.93. The summed E-state index contributed by atoms with van der Waals surface area (Å²) in [6.45, 7) is 0. The Kier molecular flexibility index (Phi) is 4.02. The molecule has 1 aromatic carbocycles. The second-order valence-corrected chi connectivity index (χ2v) is 6.42. The van der Waals surface area contributed by atoms with E-state index in [0.29, 0.717) is 11.4 Å². The van der Waals surface area contributed by atoms with Gasteiger partial charge in [-0.15, -0.1) is 0 Å². The summed E-state index contributed by atoms with van der Waals surface area (Å²) in [7, 11) is -3.68. The molecule has 0 aliphatic rings. The van der Waals surface area contributed by atoms with Crippen LogP contribution in [0.5, 0.6) is 0 Å². The fraction of sp³-hybridized carbons (Fsp3) is 0.0714. The maximum atomic E-state index is 12.9. The fourth-order valence-corrected chi connectivity index (χ4v) is 3.06. The van der Waals surface area contributed by atoms with E-state index in [9.17, 15) is 12.8 Å². The van der Waals surface area contributed by atoms with Crippen molar-refractivity contribution in [2.45, 2.75) is 5.75 Å². The van der Waals surface area contributed by atoms with Gasteiger partial charge in [0.2, 0.25) is 10.0 Å². The van der Waals surface area contributed by atoms with Gasteiger partial charge in [-0.3, -0.25) is 4.72 Å². The number of nitrogens with zero attached hydrogens (tertiary/aromatic N) is 4. The summed E-state index contributed by atoms with van der Waals surface area (Å²) in [4.78, 5) is 7.91. The summed E-state index contributed by atoms with van der Waals surface area (Å²) in [5.41, 5.74) is 0.472. The molecule has 3 rings (SSSR count). The van der Waals surface area contributed by atoms with E-state index in [1.54, 1.807) is 18.5 Å². The van der Waals surface area contributed by atoms with Crippen LogP contribution in [0.1, 0.15) is 5.56 Å². The van der Waals surface area contributed by atoms with Gasteiger partial charge in [-0.05, 0) is 23.8 Å². The minimum atomic E-state index is -3.68. The van der Waals surface area contributed by atoms with Gasteiger partial charge in [-0.25, -0.2) is 27.5 Å². The average molecular weight is 333 g/mol. The van der Waals surface area contributed by atoms with E-state index in [1.807, 2.05) is 0 Å². The minimum Gasteiger partial charge on any atom is -0.267 e. The van der Waals surface area contributed by atoms with Crippen LogP contribution in [-0.2, 0) is 15.8 Å². The van der Waals surface area contributed by atoms with Gasteiger partial charge in [0.1, 0.15) is 18.0 Å². The molecule has 0 bridgehead atoms. The van der Waals surface area contributed by atoms with Crippen LogP contribution >= 0.6 is 0 Å². The Bertz CT molecular complexity index is 895. The van der Waals surface area contributed by atoms with Crippen molar-refractivity contribution in [2.24, 2.45) is 0 Å². The van der Waals surface area contributed by atoms with E-state index in [-0.39, 0.29) is 11.6 Å². The molecule has 118 valence electrons. The number of nitrogens with one attached hydrogen (secondary N) is 1. The van der Waals surface area contributed by atoms with Crippen LogP contribution in [0.25, 0.3) is 5.82 Å². The maximum absolute atomic E-state index is 12.9. The number of halogens is 1. The third kappa shape index (κ3) is 3.89. The molecule has 7 nitrogen and oxygen atoms in total. The standard InChI is InChI=1S/C14H12FN5O2S/c15-12-4-2-11(3-5-12)9-23(21,22)19-13-8-14(17-10-16-13)20-7-1-6-18-20/h1-8,10H,9H2,(H,16,17,19). The van der Waals surface area contributed by atoms with Gasteiger partial charge >= 0.3 is 0 Å². The molecule has 9 heteroatoms. The predicted octanol–water partition coefficient (Wildman–Crippen LogP) is 1.74. The average Bonchev–Trinajstić information content (AvgIpc) is 3.03. The molecule has 0 saturated carbocycles. The van der Waals surface area contributed by atoms with E-state index in [1.165, 1.54) is 41.3 Å². The Morgan fingerprint density at radius 1 is 1.17 bits per heavy atom. The molecule has 0 aliphatic heterocycles. The molecule has 0 fully saturated rings. The van der Waals surface area contributed by atoms with Crippen LogP contribution in [0.4, 0.5) is 10.2 Å². The first-order valence-electron chi connectivity index (χ1n) is 6.59. The Balaban J connectivity index is 1.78. The van der Waals surface area contributed by atoms with Crippen LogP contribution < -0.4 is 4.72 Å². The zero-order valence-electron chi connectivity index (χ0n) is 11.8. The lowest BCUT2D eigenvalue weighted by Crippen LogP contribution is -2.16. The van der Waals surface area contributed by atoms with Gasteiger partial charge in [-0.2, -0.15) is 5.10 Å². The van der Waals surface area contributed by atoms with E-state index in [2.05, 4.69) is 19.8 Å². The molecule has 0 unspecified atom stereocenters. The number of sulfonamides is 1. The van der Waals surface area contributed by atoms with Gasteiger partial charge in [-0.1, -0.05) is 12.1 Å². The number of aromatic nitrogens is 4. The first-order valence-corrected chi connectivity index (χ1v) is 8.24. The monoisotopic (exact) mass is 333 g/mol. The number of hydrogen-bond acceptors (Lipinski definition) is 5. The zero-order valence-corrected chi connectivity index (χ0v) is 12.6. The van der Waals surface area contributed by atoms with E-state index in [0.717, 1.165) is 0 Å². The number of hydrogen-bond donors (Lipinski definition) is 1. The predicted molar refractivity (Wildman–Crippen MR) is 81.8 cm³/mol. The topological polar surface area (TPSA) is 89.8 Å². The molecule has 2 aromatic heterocycles. The quantitative estimate of drug-likeness (QED) is 0.768. The van der Waals surface area contributed by atoms with Gasteiger partial charge in [0, 0.05) is 18.5 Å². The Morgan fingerprint density at radius 3 is 2.65 bits per heavy atom. The van der Waals surface area contributed by atoms with Crippen molar-refractivity contribution in [1.82, 2.24) is 19.7 Å². The highest BCUT2D eigenvalue weighted by Crippen LogP contribution is 2.13. The highest BCUT2D eigenvalue weighted by atomic mass is 32.2. The summed E-state index contributed by atoms with van der Waals surface area (Å²) < 4.78 is 41.0. The van der Waals surface area contributed by atoms with Gasteiger partial charge in [0.05, 0.1) is 5.75 Å². The Labute approximate surface area is 131 Å². The lowest BCUT2D eigenvalue weighted by atomic mass is 10.2. The molecule has 0 spiro atoms. The summed E-state index contributed by atoms with van der Waals surface area (Å²) >= 11 is 0. The summed E-state index contributed by atoms with van der Waals surface area (Å²) in [5, 5.41) is 4.01. The van der Waals surface area contributed by atoms with Crippen LogP contribution in [0.3, 0.4) is 0 Å². The van der Waals surface area contributed by atoms with Crippen LogP contribution in [0.2, 0.25) is 0 Å². The van der Waals surface area contributed by atoms with Gasteiger partial charge in [0.15, 0.2) is 5.82 Å². The molecule has 1 N–H and O–H groups in total. The van der Waals surface area contributed by atoms with Crippen molar-refractivity contribution < 1.29 is 12.8 Å². The number of anilines is 1. The lowest BCUT2D eigenvalue weighted by Gasteiger charge is -2.08. The van der Waals surface area contributed by atoms with E-state index < -0.39 is 15.8 Å². The highest BCUT2D eigenvalue weighted by molar-refractivity contribution is 7.91. The van der Waals surface area contributed by atoms with Crippen molar-refractivity contribution in [3.05, 3.63) is 66.5 Å².